The van der Waals surface area contributed by atoms with Gasteiger partial charge in [0.05, 0.1) is 0 Å². The topological polar surface area (TPSA) is 62.7 Å². The predicted molar refractivity (Wildman–Crippen MR) is 53.9 cm³/mol. The van der Waals surface area contributed by atoms with E-state index in [2.05, 4.69) is 18.3 Å². The Morgan fingerprint density at radius 1 is 1.64 bits per heavy atom. The summed E-state index contributed by atoms with van der Waals surface area (Å²) in [5.41, 5.74) is 8.08. The highest BCUT2D eigenvalue weighted by atomic mass is 16.5. The Morgan fingerprint density at radius 2 is 2.36 bits per heavy atom. The lowest BCUT2D eigenvalue weighted by Crippen LogP contribution is -2.16. The van der Waals surface area contributed by atoms with Gasteiger partial charge in [-0.05, 0) is 12.8 Å². The molecule has 0 bridgehead atoms. The van der Waals surface area contributed by atoms with Crippen LogP contribution in [0.3, 0.4) is 0 Å². The van der Waals surface area contributed by atoms with Crippen LogP contribution in [0.15, 0.2) is 12.7 Å². The van der Waals surface area contributed by atoms with Crippen molar-refractivity contribution in [2.45, 2.75) is 38.7 Å². The zero-order valence-corrected chi connectivity index (χ0v) is 8.48. The molecule has 0 radical (unpaired) electrons. The van der Waals surface area contributed by atoms with Gasteiger partial charge in [0, 0.05) is 0 Å². The average Bonchev–Trinajstić information content (AvgIpc) is 2.17. The standard InChI is InChI=1S/C10H16N2O2/c1-3-5-6-7-9(4-2)14-10(13)8-12-11/h4,8-9H,2-3,5-7H2,1H3/t9-/m1/s1. The van der Waals surface area contributed by atoms with E-state index >= 15 is 0 Å². The Kier molecular flexibility index (Phi) is 7.37. The van der Waals surface area contributed by atoms with Crippen LogP contribution < -0.4 is 0 Å². The quantitative estimate of drug-likeness (QED) is 0.156. The van der Waals surface area contributed by atoms with Crippen molar-refractivity contribution in [3.63, 3.8) is 0 Å². The minimum atomic E-state index is -0.645. The lowest BCUT2D eigenvalue weighted by atomic mass is 10.1. The van der Waals surface area contributed by atoms with Crippen molar-refractivity contribution in [3.05, 3.63) is 18.2 Å². The van der Waals surface area contributed by atoms with E-state index in [4.69, 9.17) is 10.3 Å². The third-order valence-electron chi connectivity index (χ3n) is 1.79. The summed E-state index contributed by atoms with van der Waals surface area (Å²) in [5, 5.41) is 0. The van der Waals surface area contributed by atoms with Crippen molar-refractivity contribution in [2.75, 3.05) is 0 Å². The zero-order chi connectivity index (χ0) is 10.8. The van der Waals surface area contributed by atoms with E-state index in [1.807, 2.05) is 0 Å². The van der Waals surface area contributed by atoms with Gasteiger partial charge in [0.2, 0.25) is 0 Å². The lowest BCUT2D eigenvalue weighted by Gasteiger charge is -2.10. The van der Waals surface area contributed by atoms with Crippen LogP contribution in [0.2, 0.25) is 0 Å². The van der Waals surface area contributed by atoms with Crippen molar-refractivity contribution in [1.82, 2.24) is 0 Å². The molecule has 0 saturated heterocycles. The minimum absolute atomic E-state index is 0.285. The summed E-state index contributed by atoms with van der Waals surface area (Å²) in [6, 6.07) is 0. The van der Waals surface area contributed by atoms with Gasteiger partial charge in [-0.15, -0.1) is 0 Å². The molecule has 0 saturated carbocycles. The van der Waals surface area contributed by atoms with Gasteiger partial charge in [-0.2, -0.15) is 4.79 Å². The molecular weight excluding hydrogens is 180 g/mol. The maximum absolute atomic E-state index is 10.9. The van der Waals surface area contributed by atoms with Gasteiger partial charge >= 0.3 is 12.2 Å². The van der Waals surface area contributed by atoms with Crippen molar-refractivity contribution < 1.29 is 14.3 Å². The summed E-state index contributed by atoms with van der Waals surface area (Å²) in [4.78, 5) is 13.5. The molecule has 0 aliphatic rings. The number of rotatable bonds is 7. The van der Waals surface area contributed by atoms with E-state index in [0.717, 1.165) is 31.9 Å². The van der Waals surface area contributed by atoms with Gasteiger partial charge in [-0.3, -0.25) is 0 Å². The van der Waals surface area contributed by atoms with Gasteiger partial charge in [0.25, 0.3) is 0 Å². The molecule has 0 heterocycles. The first-order chi connectivity index (χ1) is 6.74. The Morgan fingerprint density at radius 3 is 2.86 bits per heavy atom. The fourth-order valence-electron chi connectivity index (χ4n) is 1.05. The van der Waals surface area contributed by atoms with Gasteiger partial charge in [-0.25, -0.2) is 4.79 Å². The van der Waals surface area contributed by atoms with Crippen LogP contribution in [0.25, 0.3) is 5.53 Å². The van der Waals surface area contributed by atoms with E-state index in [-0.39, 0.29) is 6.10 Å². The van der Waals surface area contributed by atoms with Crippen LogP contribution in [-0.4, -0.2) is 23.1 Å². The first-order valence-corrected chi connectivity index (χ1v) is 4.75. The number of nitrogens with zero attached hydrogens (tertiary/aromatic N) is 2. The fourth-order valence-corrected chi connectivity index (χ4v) is 1.05. The number of ether oxygens (including phenoxy) is 1. The SMILES string of the molecule is C=C[C@H](CCCCC)OC(=O)C=[N+]=[N-]. The molecule has 4 nitrogen and oxygen atoms in total. The molecule has 0 aromatic carbocycles. The summed E-state index contributed by atoms with van der Waals surface area (Å²) < 4.78 is 4.92. The van der Waals surface area contributed by atoms with Gasteiger partial charge in [-0.1, -0.05) is 32.4 Å². The summed E-state index contributed by atoms with van der Waals surface area (Å²) in [6.45, 7) is 5.67. The molecule has 0 fully saturated rings. The molecule has 0 aromatic heterocycles. The summed E-state index contributed by atoms with van der Waals surface area (Å²) in [6.07, 6.45) is 6.02. The Balaban J connectivity index is 3.83. The smallest absolute Gasteiger partial charge is 0.414 e. The van der Waals surface area contributed by atoms with Crippen molar-refractivity contribution in [1.29, 1.82) is 0 Å². The van der Waals surface area contributed by atoms with Crippen molar-refractivity contribution >= 4 is 12.2 Å². The van der Waals surface area contributed by atoms with E-state index in [9.17, 15) is 4.79 Å². The Bertz CT molecular complexity index is 232. The number of unbranched alkanes of at least 4 members (excludes halogenated alkanes) is 2. The first kappa shape index (κ1) is 12.6. The third-order valence-corrected chi connectivity index (χ3v) is 1.79. The predicted octanol–water partition coefficient (Wildman–Crippen LogP) is 1.97. The molecule has 0 amide bonds. The molecule has 0 aliphatic heterocycles. The zero-order valence-electron chi connectivity index (χ0n) is 8.48. The molecule has 14 heavy (non-hydrogen) atoms. The highest BCUT2D eigenvalue weighted by Gasteiger charge is 2.11. The maximum Gasteiger partial charge on any atom is 0.414 e. The molecule has 0 aliphatic carbocycles. The second-order valence-corrected chi connectivity index (χ2v) is 2.95. The Hall–Kier alpha value is -1.41. The molecule has 78 valence electrons. The van der Waals surface area contributed by atoms with Gasteiger partial charge in [0.15, 0.2) is 0 Å². The van der Waals surface area contributed by atoms with Crippen LogP contribution in [-0.2, 0) is 9.53 Å². The molecule has 0 aromatic rings. The molecule has 1 atom stereocenters. The van der Waals surface area contributed by atoms with Crippen LogP contribution in [0.1, 0.15) is 32.6 Å². The highest BCUT2D eigenvalue weighted by molar-refractivity contribution is 6.20. The molecule has 4 heteroatoms. The number of carbonyl (C=O) groups excluding carboxylic acids is 1. The summed E-state index contributed by atoms with van der Waals surface area (Å²) in [7, 11) is 0. The maximum atomic E-state index is 10.9. The van der Waals surface area contributed by atoms with Gasteiger partial charge < -0.3 is 10.3 Å². The fraction of sp³-hybridized carbons (Fsp3) is 0.600. The van der Waals surface area contributed by atoms with E-state index in [0.29, 0.717) is 0 Å². The van der Waals surface area contributed by atoms with Crippen molar-refractivity contribution in [3.8, 4) is 0 Å². The second-order valence-electron chi connectivity index (χ2n) is 2.95. The van der Waals surface area contributed by atoms with Crippen LogP contribution >= 0.6 is 0 Å². The van der Waals surface area contributed by atoms with Crippen molar-refractivity contribution in [2.24, 2.45) is 0 Å². The van der Waals surface area contributed by atoms with Crippen LogP contribution in [0, 0.1) is 0 Å². The minimum Gasteiger partial charge on any atom is -0.450 e. The lowest BCUT2D eigenvalue weighted by molar-refractivity contribution is -0.142. The molecule has 0 rings (SSSR count). The average molecular weight is 196 g/mol. The van der Waals surface area contributed by atoms with E-state index in [1.165, 1.54) is 0 Å². The van der Waals surface area contributed by atoms with E-state index in [1.54, 1.807) is 6.08 Å². The second kappa shape index (κ2) is 8.20. The van der Waals surface area contributed by atoms with E-state index < -0.39 is 5.97 Å². The Labute approximate surface area is 84.2 Å². The monoisotopic (exact) mass is 196 g/mol. The number of esters is 1. The van der Waals surface area contributed by atoms with Crippen LogP contribution in [0.4, 0.5) is 0 Å². The highest BCUT2D eigenvalue weighted by Crippen LogP contribution is 2.07. The van der Waals surface area contributed by atoms with Gasteiger partial charge in [0.1, 0.15) is 6.10 Å². The largest absolute Gasteiger partial charge is 0.450 e. The number of hydrogen-bond donors (Lipinski definition) is 0. The normalized spacial score (nSPS) is 11.2. The molecular formula is C10H16N2O2. The number of carbonyl (C=O) groups is 1. The summed E-state index contributed by atoms with van der Waals surface area (Å²) >= 11 is 0. The third kappa shape index (κ3) is 6.14. The molecule has 0 spiro atoms. The van der Waals surface area contributed by atoms with Crippen LogP contribution in [0.5, 0.6) is 0 Å². The number of hydrogen-bond acceptors (Lipinski definition) is 2. The molecule has 0 unspecified atom stereocenters. The molecule has 0 N–H and O–H groups in total. The summed E-state index contributed by atoms with van der Waals surface area (Å²) in [5.74, 6) is -0.645. The first-order valence-electron chi connectivity index (χ1n) is 4.75.